The van der Waals surface area contributed by atoms with Gasteiger partial charge in [-0.1, -0.05) is 43.9 Å². The van der Waals surface area contributed by atoms with Gasteiger partial charge in [0.2, 0.25) is 0 Å². The van der Waals surface area contributed by atoms with Gasteiger partial charge < -0.3 is 29.7 Å². The minimum Gasteiger partial charge on any atom is -0.411 e. The van der Waals surface area contributed by atoms with Gasteiger partial charge in [-0.05, 0) is 12.8 Å². The molecule has 0 unspecified atom stereocenters. The second-order valence-electron chi connectivity index (χ2n) is 3.67. The third kappa shape index (κ3) is 11.0. The fourth-order valence-electron chi connectivity index (χ4n) is 1.40. The van der Waals surface area contributed by atoms with Gasteiger partial charge >= 0.3 is 19.5 Å². The van der Waals surface area contributed by atoms with Crippen molar-refractivity contribution in [2.24, 2.45) is 0 Å². The molecule has 0 atom stereocenters. The summed E-state index contributed by atoms with van der Waals surface area (Å²) >= 11 is 10.1. The molecule has 0 rings (SSSR count). The fraction of sp³-hybridized carbons (Fsp3) is 0.909. The Kier molecular flexibility index (Phi) is 15.5. The predicted molar refractivity (Wildman–Crippen MR) is 70.6 cm³/mol. The van der Waals surface area contributed by atoms with Gasteiger partial charge in [-0.25, -0.2) is 0 Å². The minimum absolute atomic E-state index is 0. The van der Waals surface area contributed by atoms with Crippen molar-refractivity contribution in [2.45, 2.75) is 52.4 Å². The third-order valence-electron chi connectivity index (χ3n) is 2.32. The van der Waals surface area contributed by atoms with Crippen LogP contribution in [0.25, 0.3) is 0 Å². The van der Waals surface area contributed by atoms with E-state index in [1.807, 2.05) is 0 Å². The maximum Gasteiger partial charge on any atom is 2.00 e. The van der Waals surface area contributed by atoms with Gasteiger partial charge in [-0.2, -0.15) is 0 Å². The molecule has 0 heterocycles. The molecule has 0 aromatic carbocycles. The molecule has 1 nitrogen and oxygen atoms in total. The van der Waals surface area contributed by atoms with E-state index in [9.17, 15) is 0 Å². The molecule has 4 heteroatoms. The Labute approximate surface area is 119 Å². The van der Waals surface area contributed by atoms with Crippen LogP contribution in [0, 0.1) is 0 Å². The van der Waals surface area contributed by atoms with Crippen LogP contribution in [0.3, 0.4) is 0 Å². The standard InChI is InChI=1S/C11H23NS2.Zn/c1-3-5-7-9-12(11(13)14)10-8-6-4-2;/h3-10H2,1-2H3,(H,13,14);/q;+2/p-1. The van der Waals surface area contributed by atoms with Gasteiger partial charge in [0.25, 0.3) is 0 Å². The van der Waals surface area contributed by atoms with Crippen molar-refractivity contribution < 1.29 is 19.5 Å². The van der Waals surface area contributed by atoms with E-state index in [2.05, 4.69) is 18.7 Å². The van der Waals surface area contributed by atoms with Gasteiger partial charge in [0.15, 0.2) is 0 Å². The Balaban J connectivity index is 0. The molecule has 0 saturated heterocycles. The fourth-order valence-corrected chi connectivity index (χ4v) is 1.76. The Morgan fingerprint density at radius 2 is 1.40 bits per heavy atom. The molecule has 0 aliphatic rings. The van der Waals surface area contributed by atoms with Gasteiger partial charge in [-0.3, -0.25) is 0 Å². The van der Waals surface area contributed by atoms with Gasteiger partial charge in [-0.15, -0.1) is 0 Å². The maximum atomic E-state index is 5.06. The summed E-state index contributed by atoms with van der Waals surface area (Å²) in [4.78, 5) is 2.18. The van der Waals surface area contributed by atoms with Crippen molar-refractivity contribution in [3.05, 3.63) is 0 Å². The van der Waals surface area contributed by atoms with Crippen LogP contribution in [0.1, 0.15) is 52.4 Å². The van der Waals surface area contributed by atoms with Crippen molar-refractivity contribution in [3.63, 3.8) is 0 Å². The molecule has 84 valence electrons. The summed E-state index contributed by atoms with van der Waals surface area (Å²) in [6.45, 7) is 6.54. The summed E-state index contributed by atoms with van der Waals surface area (Å²) in [7, 11) is 0. The molecule has 0 aromatic heterocycles. The van der Waals surface area contributed by atoms with Crippen LogP contribution in [0.15, 0.2) is 0 Å². The average molecular weight is 298 g/mol. The molecule has 0 amide bonds. The molecule has 0 saturated carbocycles. The SMILES string of the molecule is CCCCCN(CCCCC)C(=S)[S-].[Zn+2]. The molecule has 0 aliphatic heterocycles. The number of rotatable bonds is 8. The van der Waals surface area contributed by atoms with Crippen LogP contribution in [0.2, 0.25) is 0 Å². The zero-order chi connectivity index (χ0) is 10.8. The quantitative estimate of drug-likeness (QED) is 0.292. The molecule has 0 aromatic rings. The Bertz CT molecular complexity index is 144. The molecule has 0 N–H and O–H groups in total. The molecular weight excluding hydrogens is 276 g/mol. The summed E-state index contributed by atoms with van der Waals surface area (Å²) in [6.07, 6.45) is 7.52. The van der Waals surface area contributed by atoms with Crippen molar-refractivity contribution in [2.75, 3.05) is 13.1 Å². The van der Waals surface area contributed by atoms with Crippen molar-refractivity contribution in [3.8, 4) is 0 Å². The number of hydrogen-bond donors (Lipinski definition) is 0. The zero-order valence-corrected chi connectivity index (χ0v) is 14.7. The Morgan fingerprint density at radius 3 is 1.67 bits per heavy atom. The maximum absolute atomic E-state index is 5.06. The molecular formula is C11H22NS2Zn+. The summed E-state index contributed by atoms with van der Waals surface area (Å²) in [5.41, 5.74) is 0. The number of unbranched alkanes of at least 4 members (excludes halogenated alkanes) is 4. The largest absolute Gasteiger partial charge is 2.00 e. The monoisotopic (exact) mass is 296 g/mol. The topological polar surface area (TPSA) is 3.24 Å². The van der Waals surface area contributed by atoms with Crippen LogP contribution < -0.4 is 0 Å². The molecule has 0 spiro atoms. The van der Waals surface area contributed by atoms with Crippen molar-refractivity contribution in [1.29, 1.82) is 0 Å². The first-order valence-corrected chi connectivity index (χ1v) is 6.50. The molecule has 0 radical (unpaired) electrons. The van der Waals surface area contributed by atoms with E-state index in [1.165, 1.54) is 38.5 Å². The van der Waals surface area contributed by atoms with E-state index in [0.29, 0.717) is 4.32 Å². The second-order valence-corrected chi connectivity index (χ2v) is 4.70. The second kappa shape index (κ2) is 12.8. The van der Waals surface area contributed by atoms with E-state index in [-0.39, 0.29) is 19.5 Å². The van der Waals surface area contributed by atoms with E-state index in [1.54, 1.807) is 0 Å². The van der Waals surface area contributed by atoms with Crippen LogP contribution in [0.5, 0.6) is 0 Å². The summed E-state index contributed by atoms with van der Waals surface area (Å²) in [6, 6.07) is 0. The van der Waals surface area contributed by atoms with Crippen molar-refractivity contribution >= 4 is 29.2 Å². The van der Waals surface area contributed by atoms with Crippen LogP contribution in [-0.2, 0) is 32.1 Å². The smallest absolute Gasteiger partial charge is 0.411 e. The van der Waals surface area contributed by atoms with Crippen molar-refractivity contribution in [1.82, 2.24) is 4.90 Å². The zero-order valence-electron chi connectivity index (χ0n) is 10.1. The van der Waals surface area contributed by atoms with E-state index < -0.39 is 0 Å². The average Bonchev–Trinajstić information content (AvgIpc) is 2.15. The molecule has 0 bridgehead atoms. The van der Waals surface area contributed by atoms with E-state index in [0.717, 1.165) is 13.1 Å². The first-order valence-electron chi connectivity index (χ1n) is 5.68. The van der Waals surface area contributed by atoms with Gasteiger partial charge in [0.1, 0.15) is 0 Å². The number of nitrogens with zero attached hydrogens (tertiary/aromatic N) is 1. The molecule has 15 heavy (non-hydrogen) atoms. The molecule has 0 fully saturated rings. The predicted octanol–water partition coefficient (Wildman–Crippen LogP) is 3.50. The number of thiocarbonyl (C=S) groups is 1. The minimum atomic E-state index is 0. The first-order chi connectivity index (χ1) is 6.72. The van der Waals surface area contributed by atoms with E-state index in [4.69, 9.17) is 24.8 Å². The van der Waals surface area contributed by atoms with Gasteiger partial charge in [0, 0.05) is 13.1 Å². The van der Waals surface area contributed by atoms with Crippen LogP contribution in [-0.4, -0.2) is 22.3 Å². The summed E-state index contributed by atoms with van der Waals surface area (Å²) in [5, 5.41) is 0. The van der Waals surface area contributed by atoms with Crippen LogP contribution >= 0.6 is 12.2 Å². The first kappa shape index (κ1) is 18.1. The normalized spacial score (nSPS) is 9.47. The van der Waals surface area contributed by atoms with Gasteiger partial charge in [0.05, 0.1) is 0 Å². The summed E-state index contributed by atoms with van der Waals surface area (Å²) < 4.78 is 0.650. The Hall–Kier alpha value is 0.733. The number of hydrogen-bond acceptors (Lipinski definition) is 2. The van der Waals surface area contributed by atoms with E-state index >= 15 is 0 Å². The summed E-state index contributed by atoms with van der Waals surface area (Å²) in [5.74, 6) is 0. The third-order valence-corrected chi connectivity index (χ3v) is 2.84. The Morgan fingerprint density at radius 1 is 1.00 bits per heavy atom. The van der Waals surface area contributed by atoms with Crippen LogP contribution in [0.4, 0.5) is 0 Å². The molecule has 0 aliphatic carbocycles.